The summed E-state index contributed by atoms with van der Waals surface area (Å²) >= 11 is 0. The van der Waals surface area contributed by atoms with Gasteiger partial charge in [0.2, 0.25) is 0 Å². The molecule has 0 radical (unpaired) electrons. The number of alkyl halides is 3. The van der Waals surface area contributed by atoms with Crippen LogP contribution in [0.3, 0.4) is 0 Å². The standard InChI is InChI=1S/C18H16F3NO3/c1-11(23)13-5-3-7-15(9-13)22-17(24)12(2)25-16-8-4-6-14(10-16)18(19,20)21/h3-10,12H,1-2H3,(H,22,24). The Hall–Kier alpha value is -2.83. The monoisotopic (exact) mass is 351 g/mol. The molecule has 0 bridgehead atoms. The maximum Gasteiger partial charge on any atom is 0.416 e. The first kappa shape index (κ1) is 18.5. The lowest BCUT2D eigenvalue weighted by molar-refractivity contribution is -0.137. The molecule has 0 aliphatic heterocycles. The fourth-order valence-electron chi connectivity index (χ4n) is 2.06. The van der Waals surface area contributed by atoms with Crippen LogP contribution in [-0.4, -0.2) is 17.8 Å². The van der Waals surface area contributed by atoms with Crippen LogP contribution >= 0.6 is 0 Å². The average Bonchev–Trinajstić information content (AvgIpc) is 2.54. The van der Waals surface area contributed by atoms with Crippen LogP contribution in [0.25, 0.3) is 0 Å². The molecule has 2 aromatic carbocycles. The molecule has 1 amide bonds. The summed E-state index contributed by atoms with van der Waals surface area (Å²) in [6, 6.07) is 10.6. The van der Waals surface area contributed by atoms with Gasteiger partial charge < -0.3 is 10.1 Å². The Morgan fingerprint density at radius 2 is 1.76 bits per heavy atom. The number of Topliss-reactive ketones (excluding diaryl/α,β-unsaturated/α-hetero) is 1. The molecule has 0 spiro atoms. The highest BCUT2D eigenvalue weighted by Gasteiger charge is 2.30. The van der Waals surface area contributed by atoms with Crippen molar-refractivity contribution in [3.05, 3.63) is 59.7 Å². The minimum atomic E-state index is -4.49. The smallest absolute Gasteiger partial charge is 0.416 e. The molecule has 0 saturated carbocycles. The zero-order chi connectivity index (χ0) is 18.6. The number of hydrogen-bond donors (Lipinski definition) is 1. The zero-order valence-corrected chi connectivity index (χ0v) is 13.6. The molecule has 7 heteroatoms. The molecule has 1 unspecified atom stereocenters. The number of ketones is 1. The molecule has 0 fully saturated rings. The van der Waals surface area contributed by atoms with Gasteiger partial charge in [-0.05, 0) is 44.2 Å². The first-order chi connectivity index (χ1) is 11.7. The summed E-state index contributed by atoms with van der Waals surface area (Å²) in [6.45, 7) is 2.82. The highest BCUT2D eigenvalue weighted by Crippen LogP contribution is 2.31. The van der Waals surface area contributed by atoms with Crippen LogP contribution in [-0.2, 0) is 11.0 Å². The highest BCUT2D eigenvalue weighted by atomic mass is 19.4. The normalized spacial score (nSPS) is 12.4. The van der Waals surface area contributed by atoms with Crippen molar-refractivity contribution in [3.63, 3.8) is 0 Å². The van der Waals surface area contributed by atoms with Crippen molar-refractivity contribution in [1.82, 2.24) is 0 Å². The van der Waals surface area contributed by atoms with Gasteiger partial charge in [-0.25, -0.2) is 0 Å². The number of halogens is 3. The summed E-state index contributed by atoms with van der Waals surface area (Å²) in [6.07, 6.45) is -5.51. The van der Waals surface area contributed by atoms with E-state index in [0.29, 0.717) is 11.3 Å². The van der Waals surface area contributed by atoms with Crippen LogP contribution in [0.1, 0.15) is 29.8 Å². The summed E-state index contributed by atoms with van der Waals surface area (Å²) in [7, 11) is 0. The second-order valence-corrected chi connectivity index (χ2v) is 5.41. The first-order valence-electron chi connectivity index (χ1n) is 7.42. The van der Waals surface area contributed by atoms with E-state index in [1.165, 1.54) is 32.0 Å². The molecule has 0 aromatic heterocycles. The summed E-state index contributed by atoms with van der Waals surface area (Å²) < 4.78 is 43.4. The van der Waals surface area contributed by atoms with Crippen LogP contribution in [0.5, 0.6) is 5.75 Å². The Morgan fingerprint density at radius 3 is 2.40 bits per heavy atom. The third-order valence-corrected chi connectivity index (χ3v) is 3.38. The summed E-state index contributed by atoms with van der Waals surface area (Å²) in [4.78, 5) is 23.5. The summed E-state index contributed by atoms with van der Waals surface area (Å²) in [5, 5.41) is 2.56. The van der Waals surface area contributed by atoms with Gasteiger partial charge in [-0.3, -0.25) is 9.59 Å². The van der Waals surface area contributed by atoms with Crippen molar-refractivity contribution in [2.24, 2.45) is 0 Å². The van der Waals surface area contributed by atoms with E-state index in [9.17, 15) is 22.8 Å². The van der Waals surface area contributed by atoms with Crippen molar-refractivity contribution >= 4 is 17.4 Å². The molecule has 0 heterocycles. The van der Waals surface area contributed by atoms with Gasteiger partial charge in [0.1, 0.15) is 5.75 Å². The number of hydrogen-bond acceptors (Lipinski definition) is 3. The predicted octanol–water partition coefficient (Wildman–Crippen LogP) is 4.31. The maximum atomic E-state index is 12.7. The Labute approximate surface area is 142 Å². The van der Waals surface area contributed by atoms with Gasteiger partial charge >= 0.3 is 6.18 Å². The Balaban J connectivity index is 2.06. The van der Waals surface area contributed by atoms with E-state index >= 15 is 0 Å². The minimum absolute atomic E-state index is 0.0602. The van der Waals surface area contributed by atoms with Crippen LogP contribution in [0.4, 0.5) is 18.9 Å². The van der Waals surface area contributed by atoms with E-state index in [1.807, 2.05) is 0 Å². The lowest BCUT2D eigenvalue weighted by Crippen LogP contribution is -2.30. The number of nitrogens with one attached hydrogen (secondary N) is 1. The van der Waals surface area contributed by atoms with Crippen molar-refractivity contribution < 1.29 is 27.5 Å². The SMILES string of the molecule is CC(=O)c1cccc(NC(=O)C(C)Oc2cccc(C(F)(F)F)c2)c1. The van der Waals surface area contributed by atoms with Crippen LogP contribution < -0.4 is 10.1 Å². The Kier molecular flexibility index (Phi) is 5.46. The molecule has 25 heavy (non-hydrogen) atoms. The molecule has 1 atom stereocenters. The van der Waals surface area contributed by atoms with Gasteiger partial charge in [-0.2, -0.15) is 13.2 Å². The Bertz CT molecular complexity index is 787. The molecule has 0 aliphatic rings. The lowest BCUT2D eigenvalue weighted by atomic mass is 10.1. The quantitative estimate of drug-likeness (QED) is 0.817. The number of anilines is 1. The van der Waals surface area contributed by atoms with Crippen LogP contribution in [0.2, 0.25) is 0 Å². The molecule has 0 aliphatic carbocycles. The van der Waals surface area contributed by atoms with E-state index in [-0.39, 0.29) is 11.5 Å². The minimum Gasteiger partial charge on any atom is -0.481 e. The summed E-state index contributed by atoms with van der Waals surface area (Å²) in [5.41, 5.74) is -0.0202. The molecular weight excluding hydrogens is 335 g/mol. The second kappa shape index (κ2) is 7.38. The van der Waals surface area contributed by atoms with Crippen LogP contribution in [0.15, 0.2) is 48.5 Å². The van der Waals surface area contributed by atoms with Gasteiger partial charge in [0.25, 0.3) is 5.91 Å². The molecule has 2 aromatic rings. The molecule has 132 valence electrons. The number of carbonyl (C=O) groups is 2. The summed E-state index contributed by atoms with van der Waals surface area (Å²) in [5.74, 6) is -0.752. The number of benzene rings is 2. The fraction of sp³-hybridized carbons (Fsp3) is 0.222. The van der Waals surface area contributed by atoms with E-state index < -0.39 is 23.8 Å². The first-order valence-corrected chi connectivity index (χ1v) is 7.42. The number of rotatable bonds is 5. The number of carbonyl (C=O) groups excluding carboxylic acids is 2. The van der Waals surface area contributed by atoms with Crippen molar-refractivity contribution in [3.8, 4) is 5.75 Å². The largest absolute Gasteiger partial charge is 0.481 e. The third kappa shape index (κ3) is 5.07. The number of amides is 1. The molecular formula is C18H16F3NO3. The zero-order valence-electron chi connectivity index (χ0n) is 13.6. The lowest BCUT2D eigenvalue weighted by Gasteiger charge is -2.16. The second-order valence-electron chi connectivity index (χ2n) is 5.41. The molecule has 0 saturated heterocycles. The average molecular weight is 351 g/mol. The van der Waals surface area contributed by atoms with Crippen LogP contribution in [0, 0.1) is 0 Å². The molecule has 4 nitrogen and oxygen atoms in total. The van der Waals surface area contributed by atoms with Gasteiger partial charge in [-0.15, -0.1) is 0 Å². The molecule has 2 rings (SSSR count). The topological polar surface area (TPSA) is 55.4 Å². The fourth-order valence-corrected chi connectivity index (χ4v) is 2.06. The highest BCUT2D eigenvalue weighted by molar-refractivity contribution is 5.98. The number of ether oxygens (including phenoxy) is 1. The van der Waals surface area contributed by atoms with E-state index in [4.69, 9.17) is 4.74 Å². The van der Waals surface area contributed by atoms with Gasteiger partial charge in [0.15, 0.2) is 11.9 Å². The third-order valence-electron chi connectivity index (χ3n) is 3.38. The van der Waals surface area contributed by atoms with Gasteiger partial charge in [0.05, 0.1) is 5.56 Å². The Morgan fingerprint density at radius 1 is 1.08 bits per heavy atom. The van der Waals surface area contributed by atoms with Gasteiger partial charge in [0, 0.05) is 11.3 Å². The van der Waals surface area contributed by atoms with Crippen molar-refractivity contribution in [2.75, 3.05) is 5.32 Å². The maximum absolute atomic E-state index is 12.7. The van der Waals surface area contributed by atoms with Crippen molar-refractivity contribution in [1.29, 1.82) is 0 Å². The molecule has 1 N–H and O–H groups in total. The van der Waals surface area contributed by atoms with Crippen molar-refractivity contribution in [2.45, 2.75) is 26.1 Å². The van der Waals surface area contributed by atoms with E-state index in [0.717, 1.165) is 12.1 Å². The predicted molar refractivity (Wildman–Crippen MR) is 86.6 cm³/mol. The van der Waals surface area contributed by atoms with Gasteiger partial charge in [-0.1, -0.05) is 18.2 Å². The van der Waals surface area contributed by atoms with E-state index in [2.05, 4.69) is 5.32 Å². The van der Waals surface area contributed by atoms with E-state index in [1.54, 1.807) is 18.2 Å².